The Morgan fingerprint density at radius 3 is 2.87 bits per heavy atom. The van der Waals surface area contributed by atoms with Gasteiger partial charge in [-0.15, -0.1) is 0 Å². The second-order valence-electron chi connectivity index (χ2n) is 3.09. The van der Waals surface area contributed by atoms with Crippen LogP contribution in [0.5, 0.6) is 5.75 Å². The first kappa shape index (κ1) is 9.52. The van der Waals surface area contributed by atoms with E-state index in [0.29, 0.717) is 11.3 Å². The van der Waals surface area contributed by atoms with Crippen molar-refractivity contribution in [2.24, 2.45) is 0 Å². The molecule has 0 aliphatic rings. The highest BCUT2D eigenvalue weighted by molar-refractivity contribution is 5.86. The van der Waals surface area contributed by atoms with Crippen molar-refractivity contribution in [2.75, 3.05) is 7.11 Å². The third-order valence-electron chi connectivity index (χ3n) is 2.20. The van der Waals surface area contributed by atoms with E-state index in [-0.39, 0.29) is 5.63 Å². The average molecular weight is 202 g/mol. The largest absolute Gasteiger partial charge is 0.497 e. The quantitative estimate of drug-likeness (QED) is 0.702. The first-order chi connectivity index (χ1) is 7.24. The highest BCUT2D eigenvalue weighted by Crippen LogP contribution is 2.22. The molecule has 0 spiro atoms. The van der Waals surface area contributed by atoms with Crippen molar-refractivity contribution in [1.82, 2.24) is 0 Å². The third-order valence-corrected chi connectivity index (χ3v) is 2.20. The maximum atomic E-state index is 11.2. The number of hydrogen-bond acceptors (Lipinski definition) is 3. The summed E-state index contributed by atoms with van der Waals surface area (Å²) in [5.74, 6) is 0.659. The molecule has 0 fully saturated rings. The Morgan fingerprint density at radius 1 is 1.40 bits per heavy atom. The Labute approximate surface area is 86.6 Å². The molecule has 0 unspecified atom stereocenters. The van der Waals surface area contributed by atoms with Gasteiger partial charge in [-0.05, 0) is 17.7 Å². The van der Waals surface area contributed by atoms with Gasteiger partial charge in [0.1, 0.15) is 11.3 Å². The fraction of sp³-hybridized carbons (Fsp3) is 0.0833. The number of methoxy groups -OCH3 is 1. The van der Waals surface area contributed by atoms with Gasteiger partial charge in [0.05, 0.1) is 7.11 Å². The minimum Gasteiger partial charge on any atom is -0.497 e. The molecule has 0 saturated carbocycles. The van der Waals surface area contributed by atoms with Crippen LogP contribution in [-0.4, -0.2) is 7.11 Å². The Morgan fingerprint density at radius 2 is 2.20 bits per heavy atom. The molecular formula is C12H10O3. The van der Waals surface area contributed by atoms with Gasteiger partial charge in [0.25, 0.3) is 0 Å². The van der Waals surface area contributed by atoms with E-state index in [1.54, 1.807) is 19.3 Å². The molecule has 76 valence electrons. The molecule has 1 aromatic heterocycles. The maximum absolute atomic E-state index is 11.2. The van der Waals surface area contributed by atoms with Crippen LogP contribution in [0.25, 0.3) is 17.0 Å². The highest BCUT2D eigenvalue weighted by Gasteiger charge is 2.03. The lowest BCUT2D eigenvalue weighted by atomic mass is 10.1. The van der Waals surface area contributed by atoms with Gasteiger partial charge in [-0.1, -0.05) is 12.7 Å². The summed E-state index contributed by atoms with van der Waals surface area (Å²) in [6.07, 6.45) is 1.63. The van der Waals surface area contributed by atoms with Crippen LogP contribution in [-0.2, 0) is 0 Å². The summed E-state index contributed by atoms with van der Waals surface area (Å²) < 4.78 is 10.1. The molecule has 0 aliphatic carbocycles. The predicted octanol–water partition coefficient (Wildman–Crippen LogP) is 2.44. The summed E-state index contributed by atoms with van der Waals surface area (Å²) in [5.41, 5.74) is 0.895. The third kappa shape index (κ3) is 1.64. The molecule has 0 atom stereocenters. The smallest absolute Gasteiger partial charge is 0.336 e. The number of fused-ring (bicyclic) bond motifs is 1. The maximum Gasteiger partial charge on any atom is 0.336 e. The van der Waals surface area contributed by atoms with Gasteiger partial charge in [-0.25, -0.2) is 4.79 Å². The first-order valence-electron chi connectivity index (χ1n) is 4.49. The Balaban J connectivity index is 2.83. The molecule has 0 aliphatic heterocycles. The molecule has 0 bridgehead atoms. The van der Waals surface area contributed by atoms with E-state index >= 15 is 0 Å². The van der Waals surface area contributed by atoms with Crippen LogP contribution in [0, 0.1) is 0 Å². The van der Waals surface area contributed by atoms with Gasteiger partial charge in [-0.3, -0.25) is 0 Å². The number of ether oxygens (including phenoxy) is 1. The molecule has 2 rings (SSSR count). The molecule has 0 N–H and O–H groups in total. The lowest BCUT2D eigenvalue weighted by Crippen LogP contribution is -1.97. The fourth-order valence-corrected chi connectivity index (χ4v) is 1.46. The van der Waals surface area contributed by atoms with Crippen LogP contribution in [0.15, 0.2) is 40.1 Å². The Hall–Kier alpha value is -2.03. The number of hydrogen-bond donors (Lipinski definition) is 0. The number of benzene rings is 1. The highest BCUT2D eigenvalue weighted by atomic mass is 16.5. The lowest BCUT2D eigenvalue weighted by molar-refractivity contribution is 0.414. The van der Waals surface area contributed by atoms with Crippen LogP contribution in [0.3, 0.4) is 0 Å². The zero-order chi connectivity index (χ0) is 10.8. The summed E-state index contributed by atoms with van der Waals surface area (Å²) >= 11 is 0. The molecule has 2 aromatic rings. The molecule has 3 nitrogen and oxygen atoms in total. The zero-order valence-electron chi connectivity index (χ0n) is 8.32. The van der Waals surface area contributed by atoms with Gasteiger partial charge in [0, 0.05) is 17.5 Å². The van der Waals surface area contributed by atoms with Crippen LogP contribution >= 0.6 is 0 Å². The SMILES string of the molecule is C=Cc1cc(=O)oc2cc(OC)ccc12. The van der Waals surface area contributed by atoms with Gasteiger partial charge < -0.3 is 9.15 Å². The fourth-order valence-electron chi connectivity index (χ4n) is 1.46. The first-order valence-corrected chi connectivity index (χ1v) is 4.49. The van der Waals surface area contributed by atoms with E-state index in [9.17, 15) is 4.79 Å². The van der Waals surface area contributed by atoms with Gasteiger partial charge in [-0.2, -0.15) is 0 Å². The number of rotatable bonds is 2. The topological polar surface area (TPSA) is 39.4 Å². The monoisotopic (exact) mass is 202 g/mol. The van der Waals surface area contributed by atoms with Crippen LogP contribution in [0.1, 0.15) is 5.56 Å². The van der Waals surface area contributed by atoms with E-state index < -0.39 is 0 Å². The van der Waals surface area contributed by atoms with E-state index in [0.717, 1.165) is 10.9 Å². The van der Waals surface area contributed by atoms with Crippen LogP contribution < -0.4 is 10.4 Å². The van der Waals surface area contributed by atoms with Gasteiger partial charge >= 0.3 is 5.63 Å². The standard InChI is InChI=1S/C12H10O3/c1-3-8-6-12(13)15-11-7-9(14-2)4-5-10(8)11/h3-7H,1H2,2H3. The van der Waals surface area contributed by atoms with E-state index in [2.05, 4.69) is 6.58 Å². The van der Waals surface area contributed by atoms with Crippen molar-refractivity contribution in [3.63, 3.8) is 0 Å². The molecule has 0 saturated heterocycles. The predicted molar refractivity (Wildman–Crippen MR) is 59.1 cm³/mol. The van der Waals surface area contributed by atoms with Gasteiger partial charge in [0.15, 0.2) is 0 Å². The van der Waals surface area contributed by atoms with Crippen molar-refractivity contribution < 1.29 is 9.15 Å². The van der Waals surface area contributed by atoms with Gasteiger partial charge in [0.2, 0.25) is 0 Å². The average Bonchev–Trinajstić information content (AvgIpc) is 2.26. The Bertz CT molecular complexity index is 567. The summed E-state index contributed by atoms with van der Waals surface area (Å²) in [7, 11) is 1.57. The Kier molecular flexibility index (Phi) is 2.29. The van der Waals surface area contributed by atoms with Crippen molar-refractivity contribution in [2.45, 2.75) is 0 Å². The van der Waals surface area contributed by atoms with Crippen molar-refractivity contribution >= 4 is 17.0 Å². The summed E-state index contributed by atoms with van der Waals surface area (Å²) in [5, 5.41) is 0.852. The second kappa shape index (κ2) is 3.61. The molecule has 1 heterocycles. The minimum absolute atomic E-state index is 0.384. The molecule has 0 amide bonds. The molecule has 0 radical (unpaired) electrons. The van der Waals surface area contributed by atoms with Crippen LogP contribution in [0.4, 0.5) is 0 Å². The van der Waals surface area contributed by atoms with Crippen molar-refractivity contribution in [3.8, 4) is 5.75 Å². The van der Waals surface area contributed by atoms with Crippen molar-refractivity contribution in [1.29, 1.82) is 0 Å². The molecular weight excluding hydrogens is 192 g/mol. The lowest BCUT2D eigenvalue weighted by Gasteiger charge is -2.03. The van der Waals surface area contributed by atoms with E-state index in [1.807, 2.05) is 12.1 Å². The second-order valence-corrected chi connectivity index (χ2v) is 3.09. The van der Waals surface area contributed by atoms with E-state index in [1.165, 1.54) is 6.07 Å². The van der Waals surface area contributed by atoms with E-state index in [4.69, 9.17) is 9.15 Å². The normalized spacial score (nSPS) is 10.2. The summed E-state index contributed by atoms with van der Waals surface area (Å²) in [4.78, 5) is 11.2. The molecule has 3 heteroatoms. The van der Waals surface area contributed by atoms with Crippen LogP contribution in [0.2, 0.25) is 0 Å². The molecule has 1 aromatic carbocycles. The summed E-state index contributed by atoms with van der Waals surface area (Å²) in [6.45, 7) is 3.65. The zero-order valence-corrected chi connectivity index (χ0v) is 8.32. The molecule has 15 heavy (non-hydrogen) atoms. The minimum atomic E-state index is -0.384. The summed E-state index contributed by atoms with van der Waals surface area (Å²) in [6, 6.07) is 6.76. The van der Waals surface area contributed by atoms with Crippen molar-refractivity contribution in [3.05, 3.63) is 46.8 Å².